The van der Waals surface area contributed by atoms with Gasteiger partial charge in [-0.25, -0.2) is 8.78 Å². The first-order valence-corrected chi connectivity index (χ1v) is 7.83. The zero-order valence-corrected chi connectivity index (χ0v) is 12.8. The largest absolute Gasteiger partial charge is 0.454 e. The molecule has 1 heterocycles. The lowest BCUT2D eigenvalue weighted by Crippen LogP contribution is -2.24. The molecule has 0 saturated carbocycles. The summed E-state index contributed by atoms with van der Waals surface area (Å²) in [6.07, 6.45) is 0. The molecule has 0 fully saturated rings. The maximum Gasteiger partial charge on any atom is 0.231 e. The van der Waals surface area contributed by atoms with E-state index in [2.05, 4.69) is 5.32 Å². The van der Waals surface area contributed by atoms with Crippen LogP contribution in [-0.4, -0.2) is 18.5 Å². The standard InChI is InChI=1S/C16H13F2NO3S/c17-11-2-3-12(18)15(6-11)23-8-16(20)19-7-10-1-4-13-14(5-10)22-9-21-13/h1-6H,7-9H2,(H,19,20). The molecule has 1 aliphatic heterocycles. The van der Waals surface area contributed by atoms with E-state index in [9.17, 15) is 13.6 Å². The normalized spacial score (nSPS) is 12.3. The van der Waals surface area contributed by atoms with E-state index in [1.165, 1.54) is 0 Å². The van der Waals surface area contributed by atoms with Crippen molar-refractivity contribution in [2.24, 2.45) is 0 Å². The lowest BCUT2D eigenvalue weighted by molar-refractivity contribution is -0.118. The van der Waals surface area contributed by atoms with E-state index in [0.29, 0.717) is 18.0 Å². The number of amides is 1. The number of carbonyl (C=O) groups is 1. The topological polar surface area (TPSA) is 47.6 Å². The van der Waals surface area contributed by atoms with Crippen LogP contribution in [0.4, 0.5) is 8.78 Å². The summed E-state index contributed by atoms with van der Waals surface area (Å²) in [5.74, 6) is -0.0126. The van der Waals surface area contributed by atoms with Gasteiger partial charge in [0.05, 0.1) is 5.75 Å². The summed E-state index contributed by atoms with van der Waals surface area (Å²) in [5, 5.41) is 2.72. The van der Waals surface area contributed by atoms with Crippen molar-refractivity contribution in [3.05, 3.63) is 53.6 Å². The summed E-state index contributed by atoms with van der Waals surface area (Å²) in [6, 6.07) is 8.56. The number of hydrogen-bond donors (Lipinski definition) is 1. The van der Waals surface area contributed by atoms with Crippen LogP contribution >= 0.6 is 11.8 Å². The maximum absolute atomic E-state index is 13.5. The van der Waals surface area contributed by atoms with Gasteiger partial charge in [-0.3, -0.25) is 4.79 Å². The lowest BCUT2D eigenvalue weighted by atomic mass is 10.2. The van der Waals surface area contributed by atoms with Crippen LogP contribution < -0.4 is 14.8 Å². The molecule has 0 saturated heterocycles. The third-order valence-corrected chi connectivity index (χ3v) is 4.21. The molecule has 120 valence electrons. The van der Waals surface area contributed by atoms with Crippen LogP contribution in [0.15, 0.2) is 41.3 Å². The number of thioether (sulfide) groups is 1. The van der Waals surface area contributed by atoms with Gasteiger partial charge >= 0.3 is 0 Å². The zero-order valence-electron chi connectivity index (χ0n) is 12.0. The molecule has 0 aromatic heterocycles. The quantitative estimate of drug-likeness (QED) is 0.852. The second-order valence-corrected chi connectivity index (χ2v) is 5.84. The number of fused-ring (bicyclic) bond motifs is 1. The second kappa shape index (κ2) is 6.87. The summed E-state index contributed by atoms with van der Waals surface area (Å²) >= 11 is 0.953. The molecular formula is C16H13F2NO3S. The van der Waals surface area contributed by atoms with Gasteiger partial charge in [0.1, 0.15) is 11.6 Å². The van der Waals surface area contributed by atoms with Crippen molar-refractivity contribution >= 4 is 17.7 Å². The number of hydrogen-bond acceptors (Lipinski definition) is 4. The van der Waals surface area contributed by atoms with Gasteiger partial charge in [-0.1, -0.05) is 6.07 Å². The molecule has 3 rings (SSSR count). The maximum atomic E-state index is 13.5. The number of halogens is 2. The molecule has 4 nitrogen and oxygen atoms in total. The van der Waals surface area contributed by atoms with E-state index in [4.69, 9.17) is 9.47 Å². The van der Waals surface area contributed by atoms with Gasteiger partial charge < -0.3 is 14.8 Å². The van der Waals surface area contributed by atoms with Crippen LogP contribution in [0, 0.1) is 11.6 Å². The lowest BCUT2D eigenvalue weighted by Gasteiger charge is -2.07. The van der Waals surface area contributed by atoms with Crippen LogP contribution in [-0.2, 0) is 11.3 Å². The van der Waals surface area contributed by atoms with Crippen molar-refractivity contribution in [3.63, 3.8) is 0 Å². The van der Waals surface area contributed by atoms with Gasteiger partial charge in [0, 0.05) is 11.4 Å². The Morgan fingerprint density at radius 3 is 2.83 bits per heavy atom. The highest BCUT2D eigenvalue weighted by atomic mass is 32.2. The Kier molecular flexibility index (Phi) is 4.66. The minimum Gasteiger partial charge on any atom is -0.454 e. The van der Waals surface area contributed by atoms with Crippen molar-refractivity contribution in [3.8, 4) is 11.5 Å². The Morgan fingerprint density at radius 2 is 1.96 bits per heavy atom. The Labute approximate surface area is 135 Å². The number of rotatable bonds is 5. The van der Waals surface area contributed by atoms with Crippen LogP contribution in [0.5, 0.6) is 11.5 Å². The number of benzene rings is 2. The van der Waals surface area contributed by atoms with Gasteiger partial charge in [-0.15, -0.1) is 11.8 Å². The highest BCUT2D eigenvalue weighted by Gasteiger charge is 2.13. The Balaban J connectivity index is 1.51. The molecule has 1 aliphatic rings. The number of nitrogens with one attached hydrogen (secondary N) is 1. The van der Waals surface area contributed by atoms with Crippen molar-refractivity contribution in [1.82, 2.24) is 5.32 Å². The molecule has 2 aromatic rings. The third-order valence-electron chi connectivity index (χ3n) is 3.18. The van der Waals surface area contributed by atoms with Gasteiger partial charge in [-0.05, 0) is 35.9 Å². The molecule has 1 N–H and O–H groups in total. The second-order valence-electron chi connectivity index (χ2n) is 4.83. The zero-order chi connectivity index (χ0) is 16.2. The average Bonchev–Trinajstić information content (AvgIpc) is 3.01. The van der Waals surface area contributed by atoms with Gasteiger partial charge in [0.25, 0.3) is 0 Å². The van der Waals surface area contributed by atoms with Gasteiger partial charge in [-0.2, -0.15) is 0 Å². The van der Waals surface area contributed by atoms with Crippen LogP contribution in [0.1, 0.15) is 5.56 Å². The predicted octanol–water partition coefficient (Wildman–Crippen LogP) is 3.10. The summed E-state index contributed by atoms with van der Waals surface area (Å²) in [5.41, 5.74) is 0.865. The fourth-order valence-corrected chi connectivity index (χ4v) is 2.82. The minimum absolute atomic E-state index is 0.00489. The summed E-state index contributed by atoms with van der Waals surface area (Å²) in [7, 11) is 0. The van der Waals surface area contributed by atoms with E-state index in [-0.39, 0.29) is 23.3 Å². The SMILES string of the molecule is O=C(CSc1cc(F)ccc1F)NCc1ccc2c(c1)OCO2. The van der Waals surface area contributed by atoms with Crippen molar-refractivity contribution in [2.45, 2.75) is 11.4 Å². The van der Waals surface area contributed by atoms with Crippen LogP contribution in [0.3, 0.4) is 0 Å². The molecule has 0 bridgehead atoms. The Bertz CT molecular complexity index is 739. The van der Waals surface area contributed by atoms with Crippen molar-refractivity contribution < 1.29 is 23.0 Å². The van der Waals surface area contributed by atoms with E-state index in [1.807, 2.05) is 6.07 Å². The molecular weight excluding hydrogens is 324 g/mol. The molecule has 0 unspecified atom stereocenters. The van der Waals surface area contributed by atoms with Crippen molar-refractivity contribution in [1.29, 1.82) is 0 Å². The smallest absolute Gasteiger partial charge is 0.231 e. The highest BCUT2D eigenvalue weighted by molar-refractivity contribution is 8.00. The molecule has 0 spiro atoms. The van der Waals surface area contributed by atoms with E-state index >= 15 is 0 Å². The Morgan fingerprint density at radius 1 is 1.13 bits per heavy atom. The summed E-state index contributed by atoms with van der Waals surface area (Å²) in [4.78, 5) is 11.9. The highest BCUT2D eigenvalue weighted by Crippen LogP contribution is 2.32. The van der Waals surface area contributed by atoms with E-state index in [0.717, 1.165) is 35.5 Å². The fourth-order valence-electron chi connectivity index (χ4n) is 2.03. The molecule has 2 aromatic carbocycles. The molecule has 7 heteroatoms. The summed E-state index contributed by atoms with van der Waals surface area (Å²) in [6.45, 7) is 0.517. The van der Waals surface area contributed by atoms with E-state index < -0.39 is 11.6 Å². The van der Waals surface area contributed by atoms with Gasteiger partial charge in [0.2, 0.25) is 12.7 Å². The number of carbonyl (C=O) groups excluding carboxylic acids is 1. The van der Waals surface area contributed by atoms with E-state index in [1.54, 1.807) is 12.1 Å². The first-order valence-electron chi connectivity index (χ1n) is 6.85. The molecule has 23 heavy (non-hydrogen) atoms. The average molecular weight is 337 g/mol. The van der Waals surface area contributed by atoms with Crippen molar-refractivity contribution in [2.75, 3.05) is 12.5 Å². The molecule has 0 aliphatic carbocycles. The molecule has 1 amide bonds. The summed E-state index contributed by atoms with van der Waals surface area (Å²) < 4.78 is 37.0. The third kappa shape index (κ3) is 3.92. The molecule has 0 radical (unpaired) electrons. The van der Waals surface area contributed by atoms with Gasteiger partial charge in [0.15, 0.2) is 11.5 Å². The molecule has 0 atom stereocenters. The van der Waals surface area contributed by atoms with Crippen LogP contribution in [0.2, 0.25) is 0 Å². The predicted molar refractivity (Wildman–Crippen MR) is 81.5 cm³/mol. The number of ether oxygens (including phenoxy) is 2. The minimum atomic E-state index is -0.542. The Hall–Kier alpha value is -2.28. The monoisotopic (exact) mass is 337 g/mol. The first-order chi connectivity index (χ1) is 11.1. The fraction of sp³-hybridized carbons (Fsp3) is 0.188. The van der Waals surface area contributed by atoms with Crippen LogP contribution in [0.25, 0.3) is 0 Å². The first kappa shape index (κ1) is 15.6.